The molecule has 6 atom stereocenters. The molecule has 0 saturated carbocycles. The number of sulfonamides is 2. The summed E-state index contributed by atoms with van der Waals surface area (Å²) in [5.41, 5.74) is 0.628. The van der Waals surface area contributed by atoms with Crippen LogP contribution in [0.1, 0.15) is 37.1 Å². The number of methoxy groups -OCH3 is 2. The number of benzene rings is 2. The highest BCUT2D eigenvalue weighted by Crippen LogP contribution is 2.59. The number of hydrazine groups is 1. The van der Waals surface area contributed by atoms with E-state index < -0.39 is 79.7 Å². The first-order valence-corrected chi connectivity index (χ1v) is 21.5. The third-order valence-electron chi connectivity index (χ3n) is 11.8. The fourth-order valence-electron chi connectivity index (χ4n) is 9.25. The van der Waals surface area contributed by atoms with E-state index in [1.165, 1.54) is 47.1 Å². The molecule has 2 aromatic rings. The molecule has 6 heterocycles. The summed E-state index contributed by atoms with van der Waals surface area (Å²) >= 11 is 0. The normalized spacial score (nSPS) is 29.3. The van der Waals surface area contributed by atoms with Crippen molar-refractivity contribution in [3.05, 3.63) is 47.5 Å². The van der Waals surface area contributed by atoms with Crippen LogP contribution in [-0.2, 0) is 48.7 Å². The van der Waals surface area contributed by atoms with Gasteiger partial charge in [0.05, 0.1) is 64.6 Å². The minimum Gasteiger partial charge on any atom is -0.495 e. The van der Waals surface area contributed by atoms with Crippen molar-refractivity contribution >= 4 is 43.7 Å². The van der Waals surface area contributed by atoms with Crippen LogP contribution in [0.5, 0.6) is 11.5 Å². The number of morpholine rings is 2. The number of carbonyl (C=O) groups excluding carboxylic acids is 4. The smallest absolute Gasteiger partial charge is 0.248 e. The van der Waals surface area contributed by atoms with E-state index in [9.17, 15) is 36.0 Å². The van der Waals surface area contributed by atoms with Crippen LogP contribution < -0.4 is 9.47 Å². The second kappa shape index (κ2) is 14.4. The van der Waals surface area contributed by atoms with E-state index in [2.05, 4.69) is 0 Å². The van der Waals surface area contributed by atoms with Gasteiger partial charge in [0.15, 0.2) is 0 Å². The number of likely N-dealkylation sites (N-methyl/N-ethyl adjacent to an activating group) is 2. The summed E-state index contributed by atoms with van der Waals surface area (Å²) in [5, 5.41) is 3.22. The summed E-state index contributed by atoms with van der Waals surface area (Å²) in [6.45, 7) is 4.70. The second-order valence-corrected chi connectivity index (χ2v) is 18.1. The third-order valence-corrected chi connectivity index (χ3v) is 15.6. The third kappa shape index (κ3) is 5.63. The molecule has 6 unspecified atom stereocenters. The molecule has 0 bridgehead atoms. The number of hydrogen-bond donors (Lipinski definition) is 0. The Hall–Kier alpha value is -4.02. The van der Waals surface area contributed by atoms with E-state index >= 15 is 0 Å². The Bertz CT molecular complexity index is 2040. The van der Waals surface area contributed by atoms with Gasteiger partial charge in [-0.1, -0.05) is 12.1 Å². The highest BCUT2D eigenvalue weighted by molar-refractivity contribution is 7.89. The van der Waals surface area contributed by atoms with Crippen LogP contribution in [0.3, 0.4) is 0 Å². The van der Waals surface area contributed by atoms with Crippen LogP contribution in [0, 0.1) is 11.8 Å². The van der Waals surface area contributed by atoms with Gasteiger partial charge >= 0.3 is 0 Å². The van der Waals surface area contributed by atoms with Gasteiger partial charge in [-0.2, -0.15) is 8.61 Å². The fraction of sp³-hybridized carbons (Fsp3) is 0.556. The number of likely N-dealkylation sites (tertiary alicyclic amines) is 2. The van der Waals surface area contributed by atoms with E-state index in [-0.39, 0.29) is 87.0 Å². The predicted octanol–water partition coefficient (Wildman–Crippen LogP) is -0.179. The van der Waals surface area contributed by atoms with E-state index in [0.29, 0.717) is 11.1 Å². The lowest BCUT2D eigenvalue weighted by atomic mass is 9.84. The monoisotopic (exact) mass is 816 g/mol. The van der Waals surface area contributed by atoms with Gasteiger partial charge < -0.3 is 18.9 Å². The van der Waals surface area contributed by atoms with E-state index in [1.54, 1.807) is 36.0 Å². The first-order valence-electron chi connectivity index (χ1n) is 18.6. The summed E-state index contributed by atoms with van der Waals surface area (Å²) in [6.07, 6.45) is 0. The molecular formula is C36H44N6O12S2. The quantitative estimate of drug-likeness (QED) is 0.287. The second-order valence-electron chi connectivity index (χ2n) is 14.3. The molecule has 8 rings (SSSR count). The molecule has 6 saturated heterocycles. The molecular weight excluding hydrogens is 773 g/mol. The van der Waals surface area contributed by atoms with Gasteiger partial charge in [-0.3, -0.25) is 29.0 Å². The maximum absolute atomic E-state index is 14.4. The SMILES string of the molecule is CCN1C(=O)C2C(C1=O)N1C(c3ccc(OC)c(S(=O)(=O)N4CCOCC4)c3)C3C(=O)N(CC)C(=O)C3N1C2c1ccc(OC)c(S(=O)(=O)N2CCOCC2)c1. The minimum absolute atomic E-state index is 0.0496. The number of hydrogen-bond acceptors (Lipinski definition) is 14. The molecule has 20 heteroatoms. The van der Waals surface area contributed by atoms with Crippen molar-refractivity contribution < 1.29 is 55.0 Å². The van der Waals surface area contributed by atoms with Gasteiger partial charge in [0.2, 0.25) is 43.7 Å². The number of imide groups is 2. The molecule has 0 N–H and O–H groups in total. The highest BCUT2D eigenvalue weighted by atomic mass is 32.2. The predicted molar refractivity (Wildman–Crippen MR) is 194 cm³/mol. The summed E-state index contributed by atoms with van der Waals surface area (Å²) in [7, 11) is -5.62. The lowest BCUT2D eigenvalue weighted by Gasteiger charge is -2.36. The molecule has 0 spiro atoms. The van der Waals surface area contributed by atoms with E-state index in [0.717, 1.165) is 9.80 Å². The maximum Gasteiger partial charge on any atom is 0.248 e. The maximum atomic E-state index is 14.4. The molecule has 0 aromatic heterocycles. The Morgan fingerprint density at radius 1 is 0.571 bits per heavy atom. The Balaban J connectivity index is 1.32. The van der Waals surface area contributed by atoms with E-state index in [4.69, 9.17) is 18.9 Å². The van der Waals surface area contributed by atoms with Crippen molar-refractivity contribution in [2.24, 2.45) is 11.8 Å². The standard InChI is InChI=1S/C36H44N6O12S2/c1-5-39-33(43)27-29(21-7-9-23(51-3)25(19-21)55(47,48)37-11-15-53-16-12-37)42-32-28(34(44)40(6-2)36(32)46)30(41(42)31(27)35(39)45)22-8-10-24(52-4)26(20-22)56(49,50)38-13-17-54-18-14-38/h7-10,19-20,27-32H,5-6,11-18H2,1-4H3. The average molecular weight is 817 g/mol. The van der Waals surface area contributed by atoms with Crippen LogP contribution in [0.15, 0.2) is 46.2 Å². The van der Waals surface area contributed by atoms with Crippen molar-refractivity contribution in [2.45, 2.75) is 47.8 Å². The van der Waals surface area contributed by atoms with Gasteiger partial charge in [-0.05, 0) is 49.2 Å². The molecule has 4 amide bonds. The van der Waals surface area contributed by atoms with Gasteiger partial charge in [0, 0.05) is 39.3 Å². The first-order chi connectivity index (χ1) is 26.8. The lowest BCUT2D eigenvalue weighted by Crippen LogP contribution is -2.50. The molecule has 302 valence electrons. The molecule has 18 nitrogen and oxygen atoms in total. The number of carbonyl (C=O) groups is 4. The summed E-state index contributed by atoms with van der Waals surface area (Å²) < 4.78 is 81.0. The first kappa shape index (κ1) is 38.8. The van der Waals surface area contributed by atoms with Crippen molar-refractivity contribution in [3.63, 3.8) is 0 Å². The number of nitrogens with zero attached hydrogens (tertiary/aromatic N) is 6. The number of fused-ring (bicyclic) bond motifs is 5. The molecule has 0 radical (unpaired) electrons. The average Bonchev–Trinajstić information content (AvgIpc) is 3.88. The fourth-order valence-corrected chi connectivity index (χ4v) is 12.4. The zero-order chi connectivity index (χ0) is 39.8. The van der Waals surface area contributed by atoms with Crippen molar-refractivity contribution in [1.29, 1.82) is 0 Å². The Morgan fingerprint density at radius 3 is 1.25 bits per heavy atom. The van der Waals surface area contributed by atoms with Gasteiger partial charge in [0.1, 0.15) is 33.4 Å². The zero-order valence-corrected chi connectivity index (χ0v) is 33.0. The van der Waals surface area contributed by atoms with Gasteiger partial charge in [0.25, 0.3) is 0 Å². The zero-order valence-electron chi connectivity index (χ0n) is 31.4. The molecule has 56 heavy (non-hydrogen) atoms. The van der Waals surface area contributed by atoms with E-state index in [1.807, 2.05) is 0 Å². The molecule has 6 aliphatic heterocycles. The summed E-state index contributed by atoms with van der Waals surface area (Å²) in [4.78, 5) is 59.4. The Labute approximate surface area is 324 Å². The van der Waals surface area contributed by atoms with Crippen LogP contribution >= 0.6 is 0 Å². The number of ether oxygens (including phenoxy) is 4. The Morgan fingerprint density at radius 2 is 0.929 bits per heavy atom. The van der Waals surface area contributed by atoms with Crippen molar-refractivity contribution in [1.82, 2.24) is 28.4 Å². The van der Waals surface area contributed by atoms with Crippen molar-refractivity contribution in [3.8, 4) is 11.5 Å². The van der Waals surface area contributed by atoms with Gasteiger partial charge in [-0.25, -0.2) is 26.9 Å². The van der Waals surface area contributed by atoms with Crippen LogP contribution in [0.2, 0.25) is 0 Å². The summed E-state index contributed by atoms with van der Waals surface area (Å²) in [5.74, 6) is -4.24. The molecule has 6 fully saturated rings. The Kier molecular flexibility index (Phi) is 10.00. The molecule has 0 aliphatic carbocycles. The number of amides is 4. The lowest BCUT2D eigenvalue weighted by molar-refractivity contribution is -0.152. The van der Waals surface area contributed by atoms with Crippen molar-refractivity contribution in [2.75, 3.05) is 79.9 Å². The number of rotatable bonds is 10. The van der Waals surface area contributed by atoms with Gasteiger partial charge in [-0.15, -0.1) is 0 Å². The summed E-state index contributed by atoms with van der Waals surface area (Å²) in [6, 6.07) is 4.44. The minimum atomic E-state index is -4.16. The largest absolute Gasteiger partial charge is 0.495 e. The topological polar surface area (TPSA) is 193 Å². The molecule has 6 aliphatic rings. The molecule has 2 aromatic carbocycles. The van der Waals surface area contributed by atoms with Crippen LogP contribution in [0.4, 0.5) is 0 Å². The highest BCUT2D eigenvalue weighted by Gasteiger charge is 2.73. The van der Waals surface area contributed by atoms with Crippen LogP contribution in [-0.4, -0.2) is 161 Å². The van der Waals surface area contributed by atoms with Crippen LogP contribution in [0.25, 0.3) is 0 Å².